The maximum atomic E-state index is 12.4. The Labute approximate surface area is 363 Å². The minimum Gasteiger partial charge on any atom is -0.496 e. The highest BCUT2D eigenvalue weighted by Crippen LogP contribution is 2.21. The number of hydrogen-bond acceptors (Lipinski definition) is 10. The number of rotatable bonds is 16. The maximum Gasteiger partial charge on any atom is 0.328 e. The predicted molar refractivity (Wildman–Crippen MR) is 233 cm³/mol. The number of carbonyl (C=O) groups excluding carboxylic acids is 4. The van der Waals surface area contributed by atoms with Crippen LogP contribution in [-0.4, -0.2) is 80.1 Å². The van der Waals surface area contributed by atoms with E-state index in [1.807, 2.05) is 0 Å². The molecule has 332 valence electrons. The first-order valence-electron chi connectivity index (χ1n) is 20.4. The zero-order valence-electron chi connectivity index (χ0n) is 34.8. The lowest BCUT2D eigenvalue weighted by Crippen LogP contribution is -2.43. The normalized spacial score (nSPS) is 14.1. The molecular weight excluding hydrogens is 837 g/mol. The molecule has 2 aliphatic carbocycles. The second-order valence-corrected chi connectivity index (χ2v) is 18.2. The summed E-state index contributed by atoms with van der Waals surface area (Å²) < 4.78 is 64.1. The number of methoxy groups -OCH3 is 2. The standard InChI is InChI=1S/2C22H27N3O5S/c2*1-30-20-9-5-4-8-19(20)21(26)23-15-14-16-10-12-18(13-11-16)31(28,29)25-22(27)24-17-6-2-3-7-17/h2*4-5,8-13,17H,2-3,6-7,14-15H2,1H3,(H,23,26)(H2,24,25,27). The summed E-state index contributed by atoms with van der Waals surface area (Å²) in [6, 6.07) is 25.0. The quantitative estimate of drug-likeness (QED) is 0.0863. The highest BCUT2D eigenvalue weighted by atomic mass is 32.2. The Morgan fingerprint density at radius 2 is 0.855 bits per heavy atom. The summed E-state index contributed by atoms with van der Waals surface area (Å²) in [7, 11) is -4.86. The molecule has 0 saturated heterocycles. The monoisotopic (exact) mass is 890 g/mol. The fourth-order valence-corrected chi connectivity index (χ4v) is 8.93. The number of carbonyl (C=O) groups is 4. The molecule has 18 heteroatoms. The number of sulfonamides is 2. The summed E-state index contributed by atoms with van der Waals surface area (Å²) in [4.78, 5) is 48.6. The van der Waals surface area contributed by atoms with Crippen molar-refractivity contribution in [2.24, 2.45) is 0 Å². The van der Waals surface area contributed by atoms with E-state index in [-0.39, 0.29) is 33.7 Å². The molecule has 0 aliphatic heterocycles. The van der Waals surface area contributed by atoms with Gasteiger partial charge in [0.2, 0.25) is 0 Å². The number of ether oxygens (including phenoxy) is 2. The Balaban J connectivity index is 0.000000234. The number of benzene rings is 4. The fourth-order valence-electron chi connectivity index (χ4n) is 7.10. The van der Waals surface area contributed by atoms with Gasteiger partial charge in [0.25, 0.3) is 31.9 Å². The van der Waals surface area contributed by atoms with Gasteiger partial charge in [-0.2, -0.15) is 0 Å². The number of nitrogens with one attached hydrogen (secondary N) is 6. The Hall–Kier alpha value is -6.14. The van der Waals surface area contributed by atoms with Gasteiger partial charge in [0.15, 0.2) is 0 Å². The van der Waals surface area contributed by atoms with E-state index in [0.717, 1.165) is 62.5 Å². The Kier molecular flexibility index (Phi) is 17.1. The lowest BCUT2D eigenvalue weighted by atomic mass is 10.1. The summed E-state index contributed by atoms with van der Waals surface area (Å²) in [5, 5.41) is 11.0. The average molecular weight is 891 g/mol. The van der Waals surface area contributed by atoms with Crippen LogP contribution in [0.2, 0.25) is 0 Å². The van der Waals surface area contributed by atoms with E-state index in [9.17, 15) is 36.0 Å². The largest absolute Gasteiger partial charge is 0.496 e. The zero-order chi connectivity index (χ0) is 44.5. The molecule has 0 atom stereocenters. The summed E-state index contributed by atoms with van der Waals surface area (Å²) in [5.74, 6) is 0.515. The smallest absolute Gasteiger partial charge is 0.328 e. The van der Waals surface area contributed by atoms with Gasteiger partial charge in [-0.15, -0.1) is 0 Å². The predicted octanol–water partition coefficient (Wildman–Crippen LogP) is 5.20. The van der Waals surface area contributed by atoms with E-state index in [1.165, 1.54) is 38.5 Å². The van der Waals surface area contributed by atoms with Crippen LogP contribution in [0.25, 0.3) is 0 Å². The first-order valence-corrected chi connectivity index (χ1v) is 23.4. The van der Waals surface area contributed by atoms with Crippen molar-refractivity contribution in [2.45, 2.75) is 86.1 Å². The van der Waals surface area contributed by atoms with Gasteiger partial charge in [-0.1, -0.05) is 74.2 Å². The van der Waals surface area contributed by atoms with Crippen LogP contribution in [0.5, 0.6) is 11.5 Å². The molecule has 0 bridgehead atoms. The number of hydrogen-bond donors (Lipinski definition) is 6. The van der Waals surface area contributed by atoms with E-state index < -0.39 is 32.1 Å². The van der Waals surface area contributed by atoms with Gasteiger partial charge in [-0.25, -0.2) is 35.9 Å². The molecular formula is C44H54N6O10S2. The molecule has 2 saturated carbocycles. The van der Waals surface area contributed by atoms with Crippen LogP contribution < -0.4 is 40.2 Å². The van der Waals surface area contributed by atoms with Gasteiger partial charge in [-0.05, 0) is 98.2 Å². The van der Waals surface area contributed by atoms with Crippen molar-refractivity contribution >= 4 is 43.9 Å². The highest BCUT2D eigenvalue weighted by molar-refractivity contribution is 7.90. The number of amides is 6. The summed E-state index contributed by atoms with van der Waals surface area (Å²) >= 11 is 0. The lowest BCUT2D eigenvalue weighted by molar-refractivity contribution is 0.0942. The molecule has 6 rings (SSSR count). The molecule has 0 radical (unpaired) electrons. The average Bonchev–Trinajstić information content (AvgIpc) is 3.98. The molecule has 0 unspecified atom stereocenters. The summed E-state index contributed by atoms with van der Waals surface area (Å²) in [5.41, 5.74) is 2.62. The first kappa shape index (κ1) is 46.9. The third kappa shape index (κ3) is 14.0. The molecule has 0 spiro atoms. The van der Waals surface area contributed by atoms with Crippen LogP contribution in [0.3, 0.4) is 0 Å². The third-order valence-corrected chi connectivity index (χ3v) is 13.1. The Morgan fingerprint density at radius 3 is 1.19 bits per heavy atom. The van der Waals surface area contributed by atoms with Crippen LogP contribution in [0.4, 0.5) is 9.59 Å². The van der Waals surface area contributed by atoms with E-state index >= 15 is 0 Å². The van der Waals surface area contributed by atoms with E-state index in [0.29, 0.717) is 48.6 Å². The summed E-state index contributed by atoms with van der Waals surface area (Å²) in [6.07, 6.45) is 8.69. The van der Waals surface area contributed by atoms with Crippen LogP contribution in [0.15, 0.2) is 107 Å². The van der Waals surface area contributed by atoms with E-state index in [1.54, 1.807) is 72.8 Å². The first-order chi connectivity index (χ1) is 29.8. The van der Waals surface area contributed by atoms with Crippen molar-refractivity contribution in [3.05, 3.63) is 119 Å². The van der Waals surface area contributed by atoms with Gasteiger partial charge in [0, 0.05) is 25.2 Å². The minimum atomic E-state index is -3.94. The van der Waals surface area contributed by atoms with Crippen molar-refractivity contribution in [1.29, 1.82) is 0 Å². The van der Waals surface area contributed by atoms with Gasteiger partial charge in [0.05, 0.1) is 35.1 Å². The summed E-state index contributed by atoms with van der Waals surface area (Å²) in [6.45, 7) is 0.760. The van der Waals surface area contributed by atoms with Gasteiger partial charge < -0.3 is 30.7 Å². The van der Waals surface area contributed by atoms with Crippen molar-refractivity contribution in [3.63, 3.8) is 0 Å². The van der Waals surface area contributed by atoms with Gasteiger partial charge in [-0.3, -0.25) is 9.59 Å². The van der Waals surface area contributed by atoms with Crippen molar-refractivity contribution in [1.82, 2.24) is 30.7 Å². The van der Waals surface area contributed by atoms with Crippen molar-refractivity contribution in [2.75, 3.05) is 27.3 Å². The number of urea groups is 2. The van der Waals surface area contributed by atoms with Gasteiger partial charge in [0.1, 0.15) is 11.5 Å². The Bertz CT molecular complexity index is 2200. The van der Waals surface area contributed by atoms with Crippen molar-refractivity contribution in [3.8, 4) is 11.5 Å². The highest BCUT2D eigenvalue weighted by Gasteiger charge is 2.23. The fraction of sp³-hybridized carbons (Fsp3) is 0.364. The Morgan fingerprint density at radius 1 is 0.516 bits per heavy atom. The molecule has 4 aromatic rings. The molecule has 6 amide bonds. The molecule has 6 N–H and O–H groups in total. The van der Waals surface area contributed by atoms with Gasteiger partial charge >= 0.3 is 12.1 Å². The second kappa shape index (κ2) is 22.6. The molecule has 2 fully saturated rings. The van der Waals surface area contributed by atoms with Crippen LogP contribution in [0, 0.1) is 0 Å². The molecule has 4 aromatic carbocycles. The number of para-hydroxylation sites is 2. The SMILES string of the molecule is COc1ccccc1C(=O)NCCc1ccc(S(=O)(=O)NC(=O)NC2CCCC2)cc1.COc1ccccc1C(=O)NCCc1ccc(S(=O)(=O)NC(=O)NC2CCCC2)cc1. The molecule has 2 aliphatic rings. The molecule has 62 heavy (non-hydrogen) atoms. The maximum absolute atomic E-state index is 12.4. The third-order valence-electron chi connectivity index (χ3n) is 10.4. The minimum absolute atomic E-state index is 0.0101. The van der Waals surface area contributed by atoms with E-state index in [4.69, 9.17) is 9.47 Å². The van der Waals surface area contributed by atoms with Crippen LogP contribution in [0.1, 0.15) is 83.2 Å². The molecule has 16 nitrogen and oxygen atoms in total. The topological polar surface area (TPSA) is 227 Å². The lowest BCUT2D eigenvalue weighted by Gasteiger charge is -2.13. The van der Waals surface area contributed by atoms with Crippen molar-refractivity contribution < 1.29 is 45.5 Å². The van der Waals surface area contributed by atoms with E-state index in [2.05, 4.69) is 30.7 Å². The molecule has 0 aromatic heterocycles. The van der Waals surface area contributed by atoms with Crippen LogP contribution in [-0.2, 0) is 32.9 Å². The van der Waals surface area contributed by atoms with Crippen LogP contribution >= 0.6 is 0 Å². The molecule has 0 heterocycles. The zero-order valence-corrected chi connectivity index (χ0v) is 36.4. The second-order valence-electron chi connectivity index (χ2n) is 14.8.